The molecule has 1 aliphatic rings. The minimum atomic E-state index is -2.85. The van der Waals surface area contributed by atoms with E-state index in [1.165, 1.54) is 29.1 Å². The summed E-state index contributed by atoms with van der Waals surface area (Å²) in [5.74, 6) is -3.04. The van der Waals surface area contributed by atoms with Crippen LogP contribution < -0.4 is 20.3 Å². The molecule has 4 rings (SSSR count). The number of hydrogen-bond donors (Lipinski definition) is 2. The van der Waals surface area contributed by atoms with Gasteiger partial charge in [0.25, 0.3) is 11.8 Å². The molecular formula is C19H20F2N8O2. The molecule has 1 fully saturated rings. The van der Waals surface area contributed by atoms with Crippen LogP contribution >= 0.6 is 0 Å². The summed E-state index contributed by atoms with van der Waals surface area (Å²) in [6.07, 6.45) is 1.52. The summed E-state index contributed by atoms with van der Waals surface area (Å²) in [7, 11) is 3.15. The maximum atomic E-state index is 13.4. The number of ether oxygens (including phenoxy) is 1. The molecule has 3 heterocycles. The van der Waals surface area contributed by atoms with E-state index in [9.17, 15) is 13.6 Å². The molecule has 0 bridgehead atoms. The summed E-state index contributed by atoms with van der Waals surface area (Å²) in [6, 6.07) is 6.43. The lowest BCUT2D eigenvalue weighted by atomic mass is 10.1. The minimum absolute atomic E-state index is 0.0476. The molecule has 2 aromatic heterocycles. The number of aromatic nitrogens is 5. The van der Waals surface area contributed by atoms with Crippen molar-refractivity contribution in [2.75, 3.05) is 37.4 Å². The van der Waals surface area contributed by atoms with Crippen molar-refractivity contribution in [2.24, 2.45) is 7.05 Å². The van der Waals surface area contributed by atoms with Crippen molar-refractivity contribution in [2.45, 2.75) is 5.92 Å². The van der Waals surface area contributed by atoms with Gasteiger partial charge in [0.05, 0.1) is 37.1 Å². The molecule has 0 aliphatic carbocycles. The summed E-state index contributed by atoms with van der Waals surface area (Å²) in [6.45, 7) is -3.87. The smallest absolute Gasteiger partial charge is 0.282 e. The highest BCUT2D eigenvalue weighted by atomic mass is 19.3. The summed E-state index contributed by atoms with van der Waals surface area (Å²) in [4.78, 5) is 18.1. The number of rotatable bonds is 6. The van der Waals surface area contributed by atoms with E-state index >= 15 is 0 Å². The number of alkyl halides is 2. The fraction of sp³-hybridized carbons (Fsp3) is 0.316. The van der Waals surface area contributed by atoms with Gasteiger partial charge in [0, 0.05) is 24.2 Å². The van der Waals surface area contributed by atoms with Crippen molar-refractivity contribution >= 4 is 23.1 Å². The second-order valence-electron chi connectivity index (χ2n) is 6.88. The Balaban J connectivity index is 1.74. The number of nitrogens with zero attached hydrogens (tertiary/aromatic N) is 6. The molecule has 1 saturated heterocycles. The third-order valence-electron chi connectivity index (χ3n) is 4.61. The number of para-hydroxylation sites is 1. The van der Waals surface area contributed by atoms with Crippen LogP contribution in [0.5, 0.6) is 5.75 Å². The molecule has 0 unspecified atom stereocenters. The van der Waals surface area contributed by atoms with E-state index in [4.69, 9.17) is 8.85 Å². The van der Waals surface area contributed by atoms with E-state index in [-0.39, 0.29) is 17.2 Å². The molecule has 1 aromatic carbocycles. The van der Waals surface area contributed by atoms with Crippen LogP contribution in [0.4, 0.5) is 26.0 Å². The Morgan fingerprint density at radius 2 is 2.10 bits per heavy atom. The number of carbonyl (C=O) groups is 1. The summed E-state index contributed by atoms with van der Waals surface area (Å²) in [5, 5.41) is 16.8. The number of aryl methyl sites for hydroxylation is 1. The molecule has 0 spiro atoms. The Kier molecular flexibility index (Phi) is 4.24. The third-order valence-corrected chi connectivity index (χ3v) is 4.61. The molecular weight excluding hydrogens is 410 g/mol. The Hall–Kier alpha value is -3.83. The highest BCUT2D eigenvalue weighted by Crippen LogP contribution is 2.38. The number of benzene rings is 1. The van der Waals surface area contributed by atoms with Crippen molar-refractivity contribution in [3.63, 3.8) is 0 Å². The fourth-order valence-electron chi connectivity index (χ4n) is 3.17. The average Bonchev–Trinajstić information content (AvgIpc) is 3.16. The van der Waals surface area contributed by atoms with Gasteiger partial charge in [-0.1, -0.05) is 6.07 Å². The van der Waals surface area contributed by atoms with Crippen LogP contribution in [0, 0.1) is 0 Å². The maximum absolute atomic E-state index is 13.4. The van der Waals surface area contributed by atoms with Crippen molar-refractivity contribution in [1.82, 2.24) is 30.3 Å². The van der Waals surface area contributed by atoms with Gasteiger partial charge in [0.15, 0.2) is 23.1 Å². The Labute approximate surface area is 180 Å². The van der Waals surface area contributed by atoms with Crippen molar-refractivity contribution < 1.29 is 22.4 Å². The molecule has 12 heteroatoms. The summed E-state index contributed by atoms with van der Waals surface area (Å²) < 4.78 is 55.7. The fourth-order valence-corrected chi connectivity index (χ4v) is 3.17. The number of hydrogen-bond acceptors (Lipinski definition) is 8. The lowest BCUT2D eigenvalue weighted by Crippen LogP contribution is -2.56. The van der Waals surface area contributed by atoms with Gasteiger partial charge in [-0.3, -0.25) is 9.48 Å². The predicted octanol–water partition coefficient (Wildman–Crippen LogP) is 1.84. The van der Waals surface area contributed by atoms with E-state index in [2.05, 4.69) is 25.6 Å². The number of carbonyl (C=O) groups excluding carboxylic acids is 1. The van der Waals surface area contributed by atoms with E-state index in [0.29, 0.717) is 22.8 Å². The van der Waals surface area contributed by atoms with Gasteiger partial charge in [0.1, 0.15) is 6.33 Å². The summed E-state index contributed by atoms with van der Waals surface area (Å²) in [5.41, 5.74) is 0.636. The zero-order chi connectivity index (χ0) is 24.7. The van der Waals surface area contributed by atoms with Crippen molar-refractivity contribution in [3.05, 3.63) is 36.3 Å². The first-order chi connectivity index (χ1) is 16.0. The number of halogens is 2. The number of amides is 1. The topological polar surface area (TPSA) is 110 Å². The first-order valence-electron chi connectivity index (χ1n) is 10.6. The highest BCUT2D eigenvalue weighted by molar-refractivity contribution is 5.98. The lowest BCUT2D eigenvalue weighted by Gasteiger charge is -2.39. The van der Waals surface area contributed by atoms with Crippen LogP contribution in [-0.4, -0.2) is 64.0 Å². The maximum Gasteiger partial charge on any atom is 0.282 e. The van der Waals surface area contributed by atoms with E-state index in [0.717, 1.165) is 0 Å². The van der Waals surface area contributed by atoms with Crippen LogP contribution in [0.25, 0.3) is 11.4 Å². The monoisotopic (exact) mass is 433 g/mol. The molecule has 1 amide bonds. The van der Waals surface area contributed by atoms with Crippen LogP contribution in [0.2, 0.25) is 0 Å². The molecule has 0 saturated carbocycles. The molecule has 0 atom stereocenters. The lowest BCUT2D eigenvalue weighted by molar-refractivity contribution is -0.0267. The van der Waals surface area contributed by atoms with Gasteiger partial charge < -0.3 is 20.3 Å². The number of anilines is 3. The first-order valence-corrected chi connectivity index (χ1v) is 9.09. The van der Waals surface area contributed by atoms with Crippen LogP contribution in [-0.2, 0) is 7.05 Å². The van der Waals surface area contributed by atoms with Gasteiger partial charge in [-0.15, -0.1) is 10.2 Å². The first kappa shape index (κ1) is 16.9. The zero-order valence-electron chi connectivity index (χ0n) is 19.6. The largest absolute Gasteiger partial charge is 0.494 e. The zero-order valence-corrected chi connectivity index (χ0v) is 16.6. The number of nitrogens with one attached hydrogen (secondary N) is 2. The molecule has 3 aromatic rings. The van der Waals surface area contributed by atoms with Crippen LogP contribution in [0.15, 0.2) is 30.6 Å². The molecule has 162 valence electrons. The third kappa shape index (κ3) is 3.96. The Morgan fingerprint density at radius 1 is 1.29 bits per heavy atom. The van der Waals surface area contributed by atoms with Crippen LogP contribution in [0.1, 0.15) is 14.6 Å². The van der Waals surface area contributed by atoms with Crippen molar-refractivity contribution in [3.8, 4) is 17.1 Å². The van der Waals surface area contributed by atoms with E-state index in [1.54, 1.807) is 25.2 Å². The van der Waals surface area contributed by atoms with Gasteiger partial charge in [-0.25, -0.2) is 13.8 Å². The van der Waals surface area contributed by atoms with Gasteiger partial charge >= 0.3 is 0 Å². The molecule has 1 aliphatic heterocycles. The second-order valence-corrected chi connectivity index (χ2v) is 6.88. The number of methoxy groups -OCH3 is 1. The molecule has 31 heavy (non-hydrogen) atoms. The predicted molar refractivity (Wildman–Crippen MR) is 109 cm³/mol. The highest BCUT2D eigenvalue weighted by Gasteiger charge is 2.44. The Morgan fingerprint density at radius 3 is 2.74 bits per heavy atom. The standard InChI is InChI=1S/C19H20F2N8O2/c1-22-18(30)15-13(7-14(25-26-15)29-8-19(20,21)9-29)24-12-6-4-5-11(16(12)31-3)17-23-10-28(2)27-17/h4-7,10H,8-9H2,1-3H3,(H,22,30)(H,24,25)/i1D3. The summed E-state index contributed by atoms with van der Waals surface area (Å²) >= 11 is 0. The van der Waals surface area contributed by atoms with Crippen molar-refractivity contribution in [1.29, 1.82) is 0 Å². The van der Waals surface area contributed by atoms with Gasteiger partial charge in [-0.2, -0.15) is 5.10 Å². The van der Waals surface area contributed by atoms with E-state index in [1.807, 2.05) is 5.32 Å². The molecule has 0 radical (unpaired) electrons. The Bertz CT molecular complexity index is 1230. The minimum Gasteiger partial charge on any atom is -0.494 e. The van der Waals surface area contributed by atoms with Gasteiger partial charge in [-0.05, 0) is 12.1 Å². The second kappa shape index (κ2) is 7.78. The SMILES string of the molecule is [2H]C([2H])([2H])NC(=O)c1nnc(N2CC(F)(F)C2)cc1Nc1cccc(-c2ncn(C)n2)c1OC. The van der Waals surface area contributed by atoms with Gasteiger partial charge in [0.2, 0.25) is 0 Å². The normalized spacial score (nSPS) is 16.5. The van der Waals surface area contributed by atoms with Crippen LogP contribution in [0.3, 0.4) is 0 Å². The molecule has 2 N–H and O–H groups in total. The molecule has 10 nitrogen and oxygen atoms in total. The quantitative estimate of drug-likeness (QED) is 0.606. The average molecular weight is 433 g/mol. The van der Waals surface area contributed by atoms with E-state index < -0.39 is 31.9 Å².